The minimum atomic E-state index is -4.66. The molecule has 0 saturated heterocycles. The second-order valence-electron chi connectivity index (χ2n) is 6.07. The van der Waals surface area contributed by atoms with Gasteiger partial charge in [-0.15, -0.1) is 0 Å². The summed E-state index contributed by atoms with van der Waals surface area (Å²) in [6.07, 6.45) is 0. The third-order valence-electron chi connectivity index (χ3n) is 3.65. The van der Waals surface area contributed by atoms with Crippen molar-refractivity contribution in [3.63, 3.8) is 0 Å². The quantitative estimate of drug-likeness (QED) is 0.800. The van der Waals surface area contributed by atoms with Gasteiger partial charge >= 0.3 is 5.76 Å². The molecule has 0 bridgehead atoms. The van der Waals surface area contributed by atoms with E-state index >= 15 is 0 Å². The van der Waals surface area contributed by atoms with Crippen molar-refractivity contribution in [3.05, 3.63) is 65.2 Å². The summed E-state index contributed by atoms with van der Waals surface area (Å²) < 4.78 is 47.7. The van der Waals surface area contributed by atoms with Gasteiger partial charge in [-0.3, -0.25) is 4.79 Å². The Balaban J connectivity index is 1.98. The molecule has 0 aromatic heterocycles. The van der Waals surface area contributed by atoms with Gasteiger partial charge in [-0.05, 0) is 49.5 Å². The molecule has 26 heavy (non-hydrogen) atoms. The maximum Gasteiger partial charge on any atom is 0.341 e. The van der Waals surface area contributed by atoms with Crippen LogP contribution in [0.3, 0.4) is 0 Å². The second-order valence-corrected chi connectivity index (χ2v) is 7.98. The van der Waals surface area contributed by atoms with Crippen molar-refractivity contribution in [3.8, 4) is 0 Å². The average molecular weight is 382 g/mol. The number of amides is 1. The van der Waals surface area contributed by atoms with Crippen LogP contribution in [0.2, 0.25) is 0 Å². The fraction of sp³-hybridized carbons (Fsp3) is 0.278. The molecule has 1 amide bonds. The number of halogens is 2. The molecule has 0 radical (unpaired) electrons. The molecule has 2 rings (SSSR count). The van der Waals surface area contributed by atoms with Gasteiger partial charge in [0.25, 0.3) is 5.91 Å². The van der Waals surface area contributed by atoms with Crippen molar-refractivity contribution in [2.45, 2.75) is 23.7 Å². The number of hydrogen-bond acceptors (Lipinski definition) is 4. The highest BCUT2D eigenvalue weighted by atomic mass is 32.2. The summed E-state index contributed by atoms with van der Waals surface area (Å²) in [6, 6.07) is 12.2. The third kappa shape index (κ3) is 5.09. The van der Waals surface area contributed by atoms with Gasteiger partial charge in [-0.2, -0.15) is 8.78 Å². The zero-order valence-corrected chi connectivity index (χ0v) is 15.3. The Kier molecular flexibility index (Phi) is 6.44. The van der Waals surface area contributed by atoms with Crippen LogP contribution in [0, 0.1) is 0 Å². The van der Waals surface area contributed by atoms with E-state index in [1.165, 1.54) is 12.1 Å². The largest absolute Gasteiger partial charge is 0.348 e. The van der Waals surface area contributed by atoms with Crippen molar-refractivity contribution in [1.29, 1.82) is 0 Å². The van der Waals surface area contributed by atoms with Crippen LogP contribution >= 0.6 is 0 Å². The first kappa shape index (κ1) is 20.0. The summed E-state index contributed by atoms with van der Waals surface area (Å²) in [4.78, 5) is 13.6. The fourth-order valence-electron chi connectivity index (χ4n) is 2.31. The Bertz CT molecular complexity index is 849. The van der Waals surface area contributed by atoms with Crippen molar-refractivity contribution >= 4 is 15.7 Å². The van der Waals surface area contributed by atoms with Crippen LogP contribution in [0.15, 0.2) is 53.4 Å². The first-order valence-corrected chi connectivity index (χ1v) is 9.37. The lowest BCUT2D eigenvalue weighted by atomic mass is 10.1. The summed E-state index contributed by atoms with van der Waals surface area (Å²) in [5.74, 6) is -3.90. The zero-order chi connectivity index (χ0) is 19.3. The molecule has 5 nitrogen and oxygen atoms in total. The Morgan fingerprint density at radius 2 is 1.54 bits per heavy atom. The first-order chi connectivity index (χ1) is 12.2. The van der Waals surface area contributed by atoms with Crippen LogP contribution in [0.5, 0.6) is 0 Å². The number of alkyl halides is 2. The van der Waals surface area contributed by atoms with Gasteiger partial charge in [-0.1, -0.05) is 24.3 Å². The molecule has 0 unspecified atom stereocenters. The lowest BCUT2D eigenvalue weighted by Crippen LogP contribution is -2.23. The highest BCUT2D eigenvalue weighted by Gasteiger charge is 2.26. The van der Waals surface area contributed by atoms with Crippen molar-refractivity contribution in [2.75, 3.05) is 14.1 Å². The molecular weight excluding hydrogens is 362 g/mol. The number of rotatable bonds is 7. The van der Waals surface area contributed by atoms with Gasteiger partial charge in [0.05, 0.1) is 4.90 Å². The molecule has 0 aliphatic carbocycles. The molecule has 0 aliphatic heterocycles. The molecule has 2 aromatic carbocycles. The van der Waals surface area contributed by atoms with Crippen LogP contribution in [-0.2, 0) is 22.9 Å². The van der Waals surface area contributed by atoms with Gasteiger partial charge in [0, 0.05) is 18.7 Å². The van der Waals surface area contributed by atoms with Crippen LogP contribution in [0.25, 0.3) is 0 Å². The van der Waals surface area contributed by atoms with Crippen LogP contribution in [-0.4, -0.2) is 39.1 Å². The van der Waals surface area contributed by atoms with Crippen LogP contribution in [0.4, 0.5) is 8.78 Å². The van der Waals surface area contributed by atoms with Crippen molar-refractivity contribution in [2.24, 2.45) is 0 Å². The summed E-state index contributed by atoms with van der Waals surface area (Å²) in [5.41, 5.74) is 2.26. The first-order valence-electron chi connectivity index (χ1n) is 7.83. The third-order valence-corrected chi connectivity index (χ3v) is 5.05. The highest BCUT2D eigenvalue weighted by Crippen LogP contribution is 2.18. The maximum absolute atomic E-state index is 12.5. The summed E-state index contributed by atoms with van der Waals surface area (Å²) in [5, 5.41) is 2.71. The lowest BCUT2D eigenvalue weighted by Gasteiger charge is -2.10. The van der Waals surface area contributed by atoms with Crippen LogP contribution in [0.1, 0.15) is 21.5 Å². The molecule has 0 spiro atoms. The molecule has 1 N–H and O–H groups in total. The number of benzene rings is 2. The number of carbonyl (C=O) groups is 1. The molecular formula is C18H20F2N2O3S. The van der Waals surface area contributed by atoms with Crippen molar-refractivity contribution in [1.82, 2.24) is 10.2 Å². The van der Waals surface area contributed by atoms with E-state index in [9.17, 15) is 22.0 Å². The van der Waals surface area contributed by atoms with E-state index in [2.05, 4.69) is 10.2 Å². The summed E-state index contributed by atoms with van der Waals surface area (Å²) in [7, 11) is -0.700. The summed E-state index contributed by atoms with van der Waals surface area (Å²) >= 11 is 0. The van der Waals surface area contributed by atoms with Gasteiger partial charge in [0.15, 0.2) is 0 Å². The van der Waals surface area contributed by atoms with E-state index in [4.69, 9.17) is 0 Å². The van der Waals surface area contributed by atoms with Gasteiger partial charge < -0.3 is 10.2 Å². The van der Waals surface area contributed by atoms with Gasteiger partial charge in [0.1, 0.15) is 0 Å². The molecule has 0 saturated carbocycles. The average Bonchev–Trinajstić information content (AvgIpc) is 2.60. The van der Waals surface area contributed by atoms with E-state index in [0.29, 0.717) is 6.54 Å². The normalized spacial score (nSPS) is 11.8. The SMILES string of the molecule is CN(C)Cc1ccc(CNC(=O)c2ccc(S(=O)(=O)C(F)F)cc2)cc1. The Morgan fingerprint density at radius 3 is 2.04 bits per heavy atom. The molecule has 140 valence electrons. The predicted molar refractivity (Wildman–Crippen MR) is 94.6 cm³/mol. The van der Waals surface area contributed by atoms with Crippen LogP contribution < -0.4 is 5.32 Å². The van der Waals surface area contributed by atoms with E-state index in [1.807, 2.05) is 38.4 Å². The topological polar surface area (TPSA) is 66.5 Å². The highest BCUT2D eigenvalue weighted by molar-refractivity contribution is 7.91. The Hall–Kier alpha value is -2.32. The molecule has 0 aliphatic rings. The number of nitrogens with one attached hydrogen (secondary N) is 1. The molecule has 0 atom stereocenters. The van der Waals surface area contributed by atoms with Gasteiger partial charge in [-0.25, -0.2) is 8.42 Å². The van der Waals surface area contributed by atoms with Gasteiger partial charge in [0.2, 0.25) is 9.84 Å². The predicted octanol–water partition coefficient (Wildman–Crippen LogP) is 2.67. The molecule has 0 fully saturated rings. The van der Waals surface area contributed by atoms with Crippen molar-refractivity contribution < 1.29 is 22.0 Å². The lowest BCUT2D eigenvalue weighted by molar-refractivity contribution is 0.0951. The number of hydrogen-bond donors (Lipinski definition) is 1. The number of sulfone groups is 1. The van der Waals surface area contributed by atoms with E-state index in [-0.39, 0.29) is 5.56 Å². The van der Waals surface area contributed by atoms with E-state index in [0.717, 1.165) is 29.8 Å². The maximum atomic E-state index is 12.5. The standard InChI is InChI=1S/C18H20F2N2O3S/c1-22(2)12-14-5-3-13(4-6-14)11-21-17(23)15-7-9-16(10-8-15)26(24,25)18(19)20/h3-10,18H,11-12H2,1-2H3,(H,21,23). The Labute approximate surface area is 151 Å². The minimum Gasteiger partial charge on any atom is -0.348 e. The smallest absolute Gasteiger partial charge is 0.341 e. The number of carbonyl (C=O) groups excluding carboxylic acids is 1. The monoisotopic (exact) mass is 382 g/mol. The molecule has 0 heterocycles. The second kappa shape index (κ2) is 8.37. The van der Waals surface area contributed by atoms with E-state index in [1.54, 1.807) is 0 Å². The molecule has 2 aromatic rings. The number of nitrogens with zero attached hydrogens (tertiary/aromatic N) is 1. The Morgan fingerprint density at radius 1 is 1.00 bits per heavy atom. The summed E-state index contributed by atoms with van der Waals surface area (Å²) in [6.45, 7) is 1.12. The minimum absolute atomic E-state index is 0.197. The van der Waals surface area contributed by atoms with E-state index < -0.39 is 26.4 Å². The fourth-order valence-corrected chi connectivity index (χ4v) is 3.03. The zero-order valence-electron chi connectivity index (χ0n) is 14.4. The molecule has 8 heteroatoms.